The van der Waals surface area contributed by atoms with Crippen molar-refractivity contribution >= 4 is 5.91 Å². The number of rotatable bonds is 4. The first kappa shape index (κ1) is 12.7. The molecule has 2 atom stereocenters. The van der Waals surface area contributed by atoms with Gasteiger partial charge in [0.2, 0.25) is 0 Å². The average molecular weight is 225 g/mol. The maximum absolute atomic E-state index is 11.8. The van der Waals surface area contributed by atoms with Crippen molar-refractivity contribution in [1.29, 1.82) is 0 Å². The third-order valence-corrected chi connectivity index (χ3v) is 2.55. The molecule has 0 bridgehead atoms. The van der Waals surface area contributed by atoms with Gasteiger partial charge in [-0.25, -0.2) is 0 Å². The lowest BCUT2D eigenvalue weighted by atomic mass is 10.1. The van der Waals surface area contributed by atoms with Crippen LogP contribution in [0.25, 0.3) is 0 Å². The topological polar surface area (TPSA) is 67.2 Å². The zero-order chi connectivity index (χ0) is 12.3. The van der Waals surface area contributed by atoms with Gasteiger partial charge in [0, 0.05) is 18.8 Å². The highest BCUT2D eigenvalue weighted by Gasteiger charge is 2.15. The molecule has 5 heteroatoms. The smallest absolute Gasteiger partial charge is 0.254 e. The Morgan fingerprint density at radius 3 is 2.69 bits per heavy atom. The van der Waals surface area contributed by atoms with Crippen LogP contribution in [0, 0.1) is 6.92 Å². The van der Waals surface area contributed by atoms with E-state index in [2.05, 4.69) is 10.4 Å². The van der Waals surface area contributed by atoms with Crippen LogP contribution in [-0.2, 0) is 7.05 Å². The molecule has 5 nitrogen and oxygen atoms in total. The molecule has 0 aliphatic carbocycles. The van der Waals surface area contributed by atoms with E-state index in [0.717, 1.165) is 5.69 Å². The van der Waals surface area contributed by atoms with E-state index in [1.54, 1.807) is 24.9 Å². The number of hydrogen-bond acceptors (Lipinski definition) is 3. The van der Waals surface area contributed by atoms with Gasteiger partial charge < -0.3 is 10.4 Å². The monoisotopic (exact) mass is 225 g/mol. The largest absolute Gasteiger partial charge is 0.393 e. The van der Waals surface area contributed by atoms with Crippen LogP contribution >= 0.6 is 0 Å². The predicted molar refractivity (Wildman–Crippen MR) is 61.2 cm³/mol. The highest BCUT2D eigenvalue weighted by atomic mass is 16.3. The number of amides is 1. The summed E-state index contributed by atoms with van der Waals surface area (Å²) in [5.74, 6) is -0.140. The molecule has 1 aromatic rings. The zero-order valence-corrected chi connectivity index (χ0v) is 10.2. The van der Waals surface area contributed by atoms with Crippen molar-refractivity contribution in [3.05, 3.63) is 17.5 Å². The van der Waals surface area contributed by atoms with Gasteiger partial charge in [0.1, 0.15) is 0 Å². The molecule has 1 amide bonds. The third-order valence-electron chi connectivity index (χ3n) is 2.55. The van der Waals surface area contributed by atoms with Gasteiger partial charge in [-0.2, -0.15) is 5.10 Å². The Hall–Kier alpha value is -1.36. The first-order valence-electron chi connectivity index (χ1n) is 5.39. The van der Waals surface area contributed by atoms with Crippen LogP contribution in [0.3, 0.4) is 0 Å². The number of nitrogens with one attached hydrogen (secondary N) is 1. The minimum absolute atomic E-state index is 0.0490. The molecule has 2 unspecified atom stereocenters. The summed E-state index contributed by atoms with van der Waals surface area (Å²) in [6.45, 7) is 5.43. The van der Waals surface area contributed by atoms with E-state index < -0.39 is 6.10 Å². The first-order chi connectivity index (χ1) is 7.41. The van der Waals surface area contributed by atoms with E-state index in [1.165, 1.54) is 0 Å². The lowest BCUT2D eigenvalue weighted by Gasteiger charge is -2.15. The lowest BCUT2D eigenvalue weighted by Crippen LogP contribution is -2.34. The average Bonchev–Trinajstić information content (AvgIpc) is 2.45. The number of aliphatic hydroxyl groups is 1. The summed E-state index contributed by atoms with van der Waals surface area (Å²) in [7, 11) is 1.80. The highest BCUT2D eigenvalue weighted by molar-refractivity contribution is 5.95. The van der Waals surface area contributed by atoms with Crippen molar-refractivity contribution in [2.24, 2.45) is 7.05 Å². The number of carbonyl (C=O) groups excluding carboxylic acids is 1. The first-order valence-corrected chi connectivity index (χ1v) is 5.39. The molecule has 16 heavy (non-hydrogen) atoms. The molecule has 1 aromatic heterocycles. The number of nitrogens with zero attached hydrogens (tertiary/aromatic N) is 2. The van der Waals surface area contributed by atoms with Crippen molar-refractivity contribution in [2.75, 3.05) is 0 Å². The molecule has 0 radical (unpaired) electrons. The summed E-state index contributed by atoms with van der Waals surface area (Å²) in [6, 6.07) is -0.0490. The number of aliphatic hydroxyl groups excluding tert-OH is 1. The van der Waals surface area contributed by atoms with E-state index >= 15 is 0 Å². The standard InChI is InChI=1S/C11H19N3O2/c1-7(5-8(2)15)13-11(16)10-6-12-14(4)9(10)3/h6-8,15H,5H2,1-4H3,(H,13,16). The second kappa shape index (κ2) is 5.12. The van der Waals surface area contributed by atoms with Crippen molar-refractivity contribution < 1.29 is 9.90 Å². The van der Waals surface area contributed by atoms with Gasteiger partial charge in [0.25, 0.3) is 5.91 Å². The van der Waals surface area contributed by atoms with Crippen LogP contribution in [0.4, 0.5) is 0 Å². The summed E-state index contributed by atoms with van der Waals surface area (Å²) in [6.07, 6.45) is 1.69. The minimum Gasteiger partial charge on any atom is -0.393 e. The van der Waals surface area contributed by atoms with Crippen LogP contribution in [0.1, 0.15) is 36.3 Å². The molecule has 0 aromatic carbocycles. The Labute approximate surface area is 95.5 Å². The number of aromatic nitrogens is 2. The number of carbonyl (C=O) groups is 1. The molecule has 0 aliphatic heterocycles. The maximum atomic E-state index is 11.8. The summed E-state index contributed by atoms with van der Waals surface area (Å²) < 4.78 is 1.66. The molecule has 0 aliphatic rings. The quantitative estimate of drug-likeness (QED) is 0.789. The van der Waals surface area contributed by atoms with Gasteiger partial charge in [-0.1, -0.05) is 0 Å². The second-order valence-corrected chi connectivity index (χ2v) is 4.23. The molecule has 1 rings (SSSR count). The zero-order valence-electron chi connectivity index (χ0n) is 10.2. The van der Waals surface area contributed by atoms with Crippen LogP contribution < -0.4 is 5.32 Å². The summed E-state index contributed by atoms with van der Waals surface area (Å²) in [4.78, 5) is 11.8. The van der Waals surface area contributed by atoms with Gasteiger partial charge in [-0.05, 0) is 27.2 Å². The summed E-state index contributed by atoms with van der Waals surface area (Å²) in [5, 5.41) is 16.0. The van der Waals surface area contributed by atoms with E-state index in [-0.39, 0.29) is 11.9 Å². The molecule has 1 heterocycles. The Morgan fingerprint density at radius 1 is 1.62 bits per heavy atom. The van der Waals surface area contributed by atoms with Crippen LogP contribution in [0.5, 0.6) is 0 Å². The fraction of sp³-hybridized carbons (Fsp3) is 0.636. The predicted octanol–water partition coefficient (Wildman–Crippen LogP) is 0.618. The molecule has 0 fully saturated rings. The maximum Gasteiger partial charge on any atom is 0.254 e. The molecular weight excluding hydrogens is 206 g/mol. The Kier molecular flexibility index (Phi) is 4.06. The fourth-order valence-corrected chi connectivity index (χ4v) is 1.59. The number of aryl methyl sites for hydroxylation is 1. The van der Waals surface area contributed by atoms with E-state index in [9.17, 15) is 9.90 Å². The van der Waals surface area contributed by atoms with E-state index in [0.29, 0.717) is 12.0 Å². The van der Waals surface area contributed by atoms with E-state index in [1.807, 2.05) is 13.8 Å². The van der Waals surface area contributed by atoms with Crippen LogP contribution in [0.2, 0.25) is 0 Å². The van der Waals surface area contributed by atoms with Crippen molar-refractivity contribution in [1.82, 2.24) is 15.1 Å². The van der Waals surface area contributed by atoms with Crippen molar-refractivity contribution in [2.45, 2.75) is 39.3 Å². The van der Waals surface area contributed by atoms with Gasteiger partial charge in [-0.15, -0.1) is 0 Å². The Balaban J connectivity index is 2.62. The lowest BCUT2D eigenvalue weighted by molar-refractivity contribution is 0.0922. The van der Waals surface area contributed by atoms with Crippen LogP contribution in [-0.4, -0.2) is 32.9 Å². The van der Waals surface area contributed by atoms with Crippen molar-refractivity contribution in [3.8, 4) is 0 Å². The molecule has 90 valence electrons. The van der Waals surface area contributed by atoms with Gasteiger partial charge >= 0.3 is 0 Å². The van der Waals surface area contributed by atoms with Crippen molar-refractivity contribution in [3.63, 3.8) is 0 Å². The Morgan fingerprint density at radius 2 is 2.25 bits per heavy atom. The third kappa shape index (κ3) is 3.06. The minimum atomic E-state index is -0.412. The van der Waals surface area contributed by atoms with E-state index in [4.69, 9.17) is 0 Å². The SMILES string of the molecule is Cc1c(C(=O)NC(C)CC(C)O)cnn1C. The number of hydrogen-bond donors (Lipinski definition) is 2. The van der Waals surface area contributed by atoms with Gasteiger partial charge in [-0.3, -0.25) is 9.48 Å². The highest BCUT2D eigenvalue weighted by Crippen LogP contribution is 2.06. The van der Waals surface area contributed by atoms with Gasteiger partial charge in [0.05, 0.1) is 17.9 Å². The molecular formula is C11H19N3O2. The van der Waals surface area contributed by atoms with Crippen LogP contribution in [0.15, 0.2) is 6.20 Å². The second-order valence-electron chi connectivity index (χ2n) is 4.23. The summed E-state index contributed by atoms with van der Waals surface area (Å²) in [5.41, 5.74) is 1.42. The normalized spacial score (nSPS) is 14.6. The molecule has 0 saturated heterocycles. The molecule has 0 spiro atoms. The van der Waals surface area contributed by atoms with Gasteiger partial charge in [0.15, 0.2) is 0 Å². The summed E-state index contributed by atoms with van der Waals surface area (Å²) >= 11 is 0. The molecule has 0 saturated carbocycles. The fourth-order valence-electron chi connectivity index (χ4n) is 1.59. The molecule has 2 N–H and O–H groups in total. The Bertz CT molecular complexity index is 371.